The van der Waals surface area contributed by atoms with Gasteiger partial charge in [0, 0.05) is 5.56 Å². The molecular formula is C20H19ClFN5O. The van der Waals surface area contributed by atoms with E-state index in [1.54, 1.807) is 18.5 Å². The van der Waals surface area contributed by atoms with Gasteiger partial charge in [-0.05, 0) is 86.2 Å². The molecule has 0 aliphatic heterocycles. The molecule has 3 aromatic rings. The van der Waals surface area contributed by atoms with Crippen LogP contribution in [0.1, 0.15) is 44.4 Å². The molecule has 2 atom stereocenters. The molecule has 0 radical (unpaired) electrons. The second-order valence-electron chi connectivity index (χ2n) is 8.85. The summed E-state index contributed by atoms with van der Waals surface area (Å²) in [6, 6.07) is 6.20. The van der Waals surface area contributed by atoms with Crippen LogP contribution in [0.25, 0.3) is 11.4 Å². The number of nitrogens with zero attached hydrogens (tertiary/aromatic N) is 5. The fourth-order valence-corrected chi connectivity index (χ4v) is 6.48. The minimum atomic E-state index is -0.276. The van der Waals surface area contributed by atoms with Gasteiger partial charge in [-0.25, -0.2) is 14.1 Å². The minimum Gasteiger partial charge on any atom is -0.338 e. The van der Waals surface area contributed by atoms with Gasteiger partial charge < -0.3 is 4.52 Å². The molecule has 2 heterocycles. The lowest BCUT2D eigenvalue weighted by molar-refractivity contribution is -0.0786. The Kier molecular flexibility index (Phi) is 3.35. The molecule has 0 amide bonds. The number of halogens is 2. The summed E-state index contributed by atoms with van der Waals surface area (Å²) in [5.41, 5.74) is 0.557. The van der Waals surface area contributed by atoms with Crippen molar-refractivity contribution >= 4 is 11.6 Å². The van der Waals surface area contributed by atoms with Crippen molar-refractivity contribution in [2.24, 2.45) is 11.8 Å². The third-order valence-corrected chi connectivity index (χ3v) is 7.14. The Hall–Kier alpha value is -2.28. The van der Waals surface area contributed by atoms with Gasteiger partial charge in [-0.15, -0.1) is 5.10 Å². The largest absolute Gasteiger partial charge is 0.338 e. The molecule has 1 aromatic carbocycles. The van der Waals surface area contributed by atoms with Gasteiger partial charge in [-0.1, -0.05) is 5.16 Å². The van der Waals surface area contributed by atoms with Gasteiger partial charge in [0.1, 0.15) is 12.1 Å². The van der Waals surface area contributed by atoms with Crippen molar-refractivity contribution in [1.82, 2.24) is 24.9 Å². The van der Waals surface area contributed by atoms with Crippen LogP contribution in [0.3, 0.4) is 0 Å². The highest BCUT2D eigenvalue weighted by atomic mass is 35.5. The van der Waals surface area contributed by atoms with Gasteiger partial charge in [0.2, 0.25) is 17.0 Å². The lowest BCUT2D eigenvalue weighted by atomic mass is 9.47. The van der Waals surface area contributed by atoms with Crippen LogP contribution in [0, 0.1) is 17.7 Å². The van der Waals surface area contributed by atoms with Gasteiger partial charge in [-0.2, -0.15) is 4.98 Å². The molecule has 4 aliphatic rings. The minimum absolute atomic E-state index is 0.0747. The summed E-state index contributed by atoms with van der Waals surface area (Å²) in [7, 11) is 0. The summed E-state index contributed by atoms with van der Waals surface area (Å²) < 4.78 is 21.0. The summed E-state index contributed by atoms with van der Waals surface area (Å²) >= 11 is 6.02. The van der Waals surface area contributed by atoms with E-state index in [1.807, 2.05) is 4.68 Å². The zero-order valence-electron chi connectivity index (χ0n) is 15.2. The van der Waals surface area contributed by atoms with Gasteiger partial charge in [0.25, 0.3) is 0 Å². The predicted octanol–water partition coefficient (Wildman–Crippen LogP) is 4.37. The zero-order valence-corrected chi connectivity index (χ0v) is 15.9. The summed E-state index contributed by atoms with van der Waals surface area (Å²) in [4.78, 5) is 8.91. The highest BCUT2D eigenvalue weighted by molar-refractivity contribution is 6.28. The van der Waals surface area contributed by atoms with E-state index in [0.717, 1.165) is 37.7 Å². The quantitative estimate of drug-likeness (QED) is 0.654. The van der Waals surface area contributed by atoms with E-state index in [0.29, 0.717) is 28.8 Å². The van der Waals surface area contributed by atoms with Crippen molar-refractivity contribution in [2.45, 2.75) is 49.5 Å². The van der Waals surface area contributed by atoms with Gasteiger partial charge >= 0.3 is 0 Å². The SMILES string of the molecule is Fc1ccc(-c2noc(C34CC5CC(C3)CC(n3cnc(Cl)n3)(C5)C4)n2)cc1. The van der Waals surface area contributed by atoms with Crippen LogP contribution in [0.4, 0.5) is 4.39 Å². The molecule has 4 aliphatic carbocycles. The molecule has 4 saturated carbocycles. The molecule has 0 spiro atoms. The Morgan fingerprint density at radius 3 is 2.54 bits per heavy atom. The maximum atomic E-state index is 13.2. The van der Waals surface area contributed by atoms with E-state index in [9.17, 15) is 4.39 Å². The van der Waals surface area contributed by atoms with E-state index in [2.05, 4.69) is 15.2 Å². The Morgan fingerprint density at radius 1 is 1.11 bits per heavy atom. The normalized spacial score (nSPS) is 33.5. The first-order valence-electron chi connectivity index (χ1n) is 9.71. The maximum Gasteiger partial charge on any atom is 0.242 e. The number of rotatable bonds is 3. The highest BCUT2D eigenvalue weighted by Crippen LogP contribution is 2.64. The number of benzene rings is 1. The Balaban J connectivity index is 1.40. The third kappa shape index (κ3) is 2.38. The molecule has 4 fully saturated rings. The standard InChI is InChI=1S/C20H19ClFN5O/c21-18-23-11-27(25-18)20-8-12-5-13(9-20)7-19(6-12,10-20)17-24-16(26-28-17)14-1-3-15(22)4-2-14/h1-4,11-13H,5-10H2. The van der Waals surface area contributed by atoms with E-state index in [-0.39, 0.29) is 16.8 Å². The van der Waals surface area contributed by atoms with Crippen LogP contribution in [-0.2, 0) is 11.0 Å². The summed E-state index contributed by atoms with van der Waals surface area (Å²) in [5, 5.41) is 8.96. The van der Waals surface area contributed by atoms with Crippen LogP contribution >= 0.6 is 11.6 Å². The molecular weight excluding hydrogens is 381 g/mol. The van der Waals surface area contributed by atoms with E-state index < -0.39 is 0 Å². The highest BCUT2D eigenvalue weighted by Gasteiger charge is 2.61. The van der Waals surface area contributed by atoms with Gasteiger partial charge in [0.15, 0.2) is 0 Å². The molecule has 2 unspecified atom stereocenters. The zero-order chi connectivity index (χ0) is 18.9. The second-order valence-corrected chi connectivity index (χ2v) is 9.19. The first-order chi connectivity index (χ1) is 13.5. The lowest BCUT2D eigenvalue weighted by Crippen LogP contribution is -2.58. The monoisotopic (exact) mass is 399 g/mol. The van der Waals surface area contributed by atoms with Crippen molar-refractivity contribution in [1.29, 1.82) is 0 Å². The van der Waals surface area contributed by atoms with Crippen molar-refractivity contribution in [3.8, 4) is 11.4 Å². The first kappa shape index (κ1) is 16.7. The smallest absolute Gasteiger partial charge is 0.242 e. The number of hydrogen-bond donors (Lipinski definition) is 0. The van der Waals surface area contributed by atoms with Gasteiger partial charge in [-0.3, -0.25) is 0 Å². The topological polar surface area (TPSA) is 69.6 Å². The Labute approximate surface area is 166 Å². The van der Waals surface area contributed by atoms with Gasteiger partial charge in [0.05, 0.1) is 11.0 Å². The molecule has 6 nitrogen and oxygen atoms in total. The van der Waals surface area contributed by atoms with E-state index >= 15 is 0 Å². The molecule has 0 saturated heterocycles. The predicted molar refractivity (Wildman–Crippen MR) is 99.1 cm³/mol. The summed E-state index contributed by atoms with van der Waals surface area (Å²) in [6.07, 6.45) is 8.27. The van der Waals surface area contributed by atoms with Crippen molar-refractivity contribution in [3.05, 3.63) is 47.6 Å². The molecule has 0 N–H and O–H groups in total. The van der Waals surface area contributed by atoms with Crippen LogP contribution in [-0.4, -0.2) is 24.9 Å². The van der Waals surface area contributed by atoms with Crippen LogP contribution in [0.15, 0.2) is 35.1 Å². The third-order valence-electron chi connectivity index (χ3n) is 6.96. The van der Waals surface area contributed by atoms with Crippen molar-refractivity contribution in [2.75, 3.05) is 0 Å². The first-order valence-corrected chi connectivity index (χ1v) is 10.1. The Morgan fingerprint density at radius 2 is 1.86 bits per heavy atom. The number of hydrogen-bond acceptors (Lipinski definition) is 5. The summed E-state index contributed by atoms with van der Waals surface area (Å²) in [5.74, 6) is 2.18. The second kappa shape index (κ2) is 5.63. The van der Waals surface area contributed by atoms with Crippen molar-refractivity contribution < 1.29 is 8.91 Å². The molecule has 4 bridgehead atoms. The average molecular weight is 400 g/mol. The molecule has 144 valence electrons. The van der Waals surface area contributed by atoms with E-state index in [1.165, 1.54) is 18.6 Å². The van der Waals surface area contributed by atoms with Crippen LogP contribution < -0.4 is 0 Å². The molecule has 28 heavy (non-hydrogen) atoms. The average Bonchev–Trinajstić information content (AvgIpc) is 3.31. The lowest BCUT2D eigenvalue weighted by Gasteiger charge is -2.60. The Bertz CT molecular complexity index is 1030. The fraction of sp³-hybridized carbons (Fsp3) is 0.500. The fourth-order valence-electron chi connectivity index (χ4n) is 6.36. The molecule has 7 rings (SSSR count). The van der Waals surface area contributed by atoms with E-state index in [4.69, 9.17) is 21.1 Å². The summed E-state index contributed by atoms with van der Waals surface area (Å²) in [6.45, 7) is 0. The van der Waals surface area contributed by atoms with Crippen LogP contribution in [0.2, 0.25) is 5.28 Å². The molecule has 8 heteroatoms. The molecule has 2 aromatic heterocycles. The number of aromatic nitrogens is 5. The van der Waals surface area contributed by atoms with Crippen LogP contribution in [0.5, 0.6) is 0 Å². The van der Waals surface area contributed by atoms with Crippen molar-refractivity contribution in [3.63, 3.8) is 0 Å². The maximum absolute atomic E-state index is 13.2.